The Morgan fingerprint density at radius 3 is 2.24 bits per heavy atom. The molecule has 2 aliphatic rings. The summed E-state index contributed by atoms with van der Waals surface area (Å²) >= 11 is 0. The average Bonchev–Trinajstić information content (AvgIpc) is 3.35. The van der Waals surface area contributed by atoms with Crippen molar-refractivity contribution < 1.29 is 4.79 Å². The second kappa shape index (κ2) is 7.11. The predicted molar refractivity (Wildman–Crippen MR) is 104 cm³/mol. The van der Waals surface area contributed by atoms with Gasteiger partial charge in [0.2, 0.25) is 5.91 Å². The molecule has 3 nitrogen and oxygen atoms in total. The minimum atomic E-state index is 0.184. The molecule has 1 heterocycles. The molecule has 1 aliphatic heterocycles. The highest BCUT2D eigenvalue weighted by atomic mass is 16.2. The number of carbonyl (C=O) groups is 1. The summed E-state index contributed by atoms with van der Waals surface area (Å²) in [7, 11) is 0. The zero-order valence-corrected chi connectivity index (χ0v) is 16.5. The fourth-order valence-electron chi connectivity index (χ4n) is 3.95. The summed E-state index contributed by atoms with van der Waals surface area (Å²) in [6, 6.07) is 9.88. The second-order valence-corrected chi connectivity index (χ2v) is 9.23. The van der Waals surface area contributed by atoms with Crippen LogP contribution in [0.1, 0.15) is 70.9 Å². The molecule has 0 spiro atoms. The summed E-state index contributed by atoms with van der Waals surface area (Å²) in [6.07, 6.45) is 3.18. The van der Waals surface area contributed by atoms with E-state index in [2.05, 4.69) is 69.1 Å². The lowest BCUT2D eigenvalue weighted by atomic mass is 9.86. The molecule has 1 N–H and O–H groups in total. The molecule has 1 aromatic rings. The number of hydrogen-bond donors (Lipinski definition) is 1. The van der Waals surface area contributed by atoms with E-state index >= 15 is 0 Å². The van der Waals surface area contributed by atoms with Crippen LogP contribution in [0.2, 0.25) is 0 Å². The van der Waals surface area contributed by atoms with E-state index < -0.39 is 0 Å². The molecule has 0 bridgehead atoms. The van der Waals surface area contributed by atoms with Crippen molar-refractivity contribution in [1.82, 2.24) is 10.2 Å². The Bertz CT molecular complexity index is 591. The Kier molecular flexibility index (Phi) is 5.24. The molecular weight excluding hydrogens is 308 g/mol. The molecule has 0 aromatic heterocycles. The molecular formula is C22H34N2O. The van der Waals surface area contributed by atoms with Crippen LogP contribution in [0, 0.1) is 5.92 Å². The number of amides is 1. The van der Waals surface area contributed by atoms with E-state index in [1.807, 2.05) is 0 Å². The first kappa shape index (κ1) is 18.4. The van der Waals surface area contributed by atoms with Gasteiger partial charge in [-0.3, -0.25) is 4.79 Å². The van der Waals surface area contributed by atoms with Gasteiger partial charge in [0, 0.05) is 31.1 Å². The maximum atomic E-state index is 12.6. The van der Waals surface area contributed by atoms with Crippen molar-refractivity contribution in [3.63, 3.8) is 0 Å². The van der Waals surface area contributed by atoms with Gasteiger partial charge in [-0.15, -0.1) is 0 Å². The number of likely N-dealkylation sites (tertiary alicyclic amines) is 1. The van der Waals surface area contributed by atoms with Crippen LogP contribution in [0.4, 0.5) is 0 Å². The van der Waals surface area contributed by atoms with Crippen LogP contribution in [0.15, 0.2) is 24.3 Å². The lowest BCUT2D eigenvalue weighted by molar-refractivity contribution is -0.123. The van der Waals surface area contributed by atoms with Gasteiger partial charge in [0.05, 0.1) is 0 Å². The Balaban J connectivity index is 1.49. The molecule has 3 rings (SSSR count). The van der Waals surface area contributed by atoms with Gasteiger partial charge in [-0.25, -0.2) is 0 Å². The monoisotopic (exact) mass is 342 g/mol. The van der Waals surface area contributed by atoms with Crippen LogP contribution in [-0.2, 0) is 10.2 Å². The maximum absolute atomic E-state index is 12.6. The zero-order chi connectivity index (χ0) is 18.2. The smallest absolute Gasteiger partial charge is 0.223 e. The largest absolute Gasteiger partial charge is 0.353 e. The van der Waals surface area contributed by atoms with Crippen LogP contribution in [0.5, 0.6) is 0 Å². The number of nitrogens with zero attached hydrogens (tertiary/aromatic N) is 1. The first-order valence-corrected chi connectivity index (χ1v) is 9.90. The highest BCUT2D eigenvalue weighted by Crippen LogP contribution is 2.48. The van der Waals surface area contributed by atoms with Gasteiger partial charge in [-0.2, -0.15) is 0 Å². The number of piperidine rings is 1. The molecule has 2 unspecified atom stereocenters. The summed E-state index contributed by atoms with van der Waals surface area (Å²) in [5, 5.41) is 3.31. The number of nitrogens with one attached hydrogen (secondary N) is 1. The molecule has 1 aromatic carbocycles. The molecule has 138 valence electrons. The second-order valence-electron chi connectivity index (χ2n) is 9.23. The van der Waals surface area contributed by atoms with Crippen LogP contribution < -0.4 is 5.32 Å². The number of carbonyl (C=O) groups excluding carboxylic acids is 1. The van der Waals surface area contributed by atoms with E-state index in [1.54, 1.807) is 0 Å². The third-order valence-corrected chi connectivity index (χ3v) is 5.94. The third-order valence-electron chi connectivity index (χ3n) is 5.94. The van der Waals surface area contributed by atoms with Gasteiger partial charge in [0.25, 0.3) is 0 Å². The summed E-state index contributed by atoms with van der Waals surface area (Å²) in [4.78, 5) is 15.1. The lowest BCUT2D eigenvalue weighted by Gasteiger charge is -2.34. The van der Waals surface area contributed by atoms with Gasteiger partial charge in [-0.05, 0) is 55.6 Å². The number of hydrogen-bond acceptors (Lipinski definition) is 2. The Morgan fingerprint density at radius 2 is 1.72 bits per heavy atom. The van der Waals surface area contributed by atoms with Crippen molar-refractivity contribution in [3.05, 3.63) is 35.4 Å². The molecule has 1 amide bonds. The van der Waals surface area contributed by atoms with E-state index in [0.29, 0.717) is 18.0 Å². The topological polar surface area (TPSA) is 32.3 Å². The van der Waals surface area contributed by atoms with Crippen LogP contribution in [0.3, 0.4) is 0 Å². The van der Waals surface area contributed by atoms with Crippen LogP contribution >= 0.6 is 0 Å². The molecule has 1 saturated heterocycles. The first-order valence-electron chi connectivity index (χ1n) is 9.90. The van der Waals surface area contributed by atoms with Crippen LogP contribution in [0.25, 0.3) is 0 Å². The first-order chi connectivity index (χ1) is 11.8. The van der Waals surface area contributed by atoms with E-state index in [1.165, 1.54) is 11.1 Å². The lowest BCUT2D eigenvalue weighted by Crippen LogP contribution is -2.47. The van der Waals surface area contributed by atoms with Crippen molar-refractivity contribution in [2.24, 2.45) is 5.92 Å². The minimum Gasteiger partial charge on any atom is -0.353 e. The Labute approximate surface area is 153 Å². The Hall–Kier alpha value is -1.35. The van der Waals surface area contributed by atoms with E-state index in [9.17, 15) is 4.79 Å². The molecule has 0 radical (unpaired) electrons. The Morgan fingerprint density at radius 1 is 1.12 bits per heavy atom. The fourth-order valence-corrected chi connectivity index (χ4v) is 3.95. The minimum absolute atomic E-state index is 0.184. The number of rotatable bonds is 4. The molecule has 2 fully saturated rings. The normalized spacial score (nSPS) is 25.2. The van der Waals surface area contributed by atoms with Crippen molar-refractivity contribution in [2.45, 2.75) is 77.3 Å². The maximum Gasteiger partial charge on any atom is 0.223 e. The van der Waals surface area contributed by atoms with Crippen molar-refractivity contribution in [3.8, 4) is 0 Å². The SMILES string of the molecule is CC(C)N1CCC(NC(=O)C2CC2c2ccc(C(C)(C)C)cc2)CC1. The molecule has 25 heavy (non-hydrogen) atoms. The fraction of sp³-hybridized carbons (Fsp3) is 0.682. The van der Waals surface area contributed by atoms with Gasteiger partial charge in [-0.1, -0.05) is 45.0 Å². The van der Waals surface area contributed by atoms with Gasteiger partial charge in [0.1, 0.15) is 0 Å². The van der Waals surface area contributed by atoms with Crippen LogP contribution in [-0.4, -0.2) is 36.0 Å². The van der Waals surface area contributed by atoms with E-state index in [-0.39, 0.29) is 17.2 Å². The van der Waals surface area contributed by atoms with Crippen molar-refractivity contribution >= 4 is 5.91 Å². The predicted octanol–water partition coefficient (Wildman–Crippen LogP) is 4.08. The quantitative estimate of drug-likeness (QED) is 0.894. The van der Waals surface area contributed by atoms with Gasteiger partial charge >= 0.3 is 0 Å². The van der Waals surface area contributed by atoms with E-state index in [4.69, 9.17) is 0 Å². The summed E-state index contributed by atoms with van der Waals surface area (Å²) in [5.74, 6) is 0.876. The van der Waals surface area contributed by atoms with Gasteiger partial charge in [0.15, 0.2) is 0 Å². The standard InChI is InChI=1S/C22H34N2O/c1-15(2)24-12-10-18(11-13-24)23-21(25)20-14-19(20)16-6-8-17(9-7-16)22(3,4)5/h6-9,15,18-20H,10-14H2,1-5H3,(H,23,25). The highest BCUT2D eigenvalue weighted by Gasteiger charge is 2.44. The summed E-state index contributed by atoms with van der Waals surface area (Å²) < 4.78 is 0. The zero-order valence-electron chi connectivity index (χ0n) is 16.5. The third kappa shape index (κ3) is 4.44. The molecule has 2 atom stereocenters. The highest BCUT2D eigenvalue weighted by molar-refractivity contribution is 5.83. The summed E-state index contributed by atoms with van der Waals surface area (Å²) in [5.41, 5.74) is 2.86. The number of benzene rings is 1. The van der Waals surface area contributed by atoms with Gasteiger partial charge < -0.3 is 10.2 Å². The van der Waals surface area contributed by atoms with Crippen molar-refractivity contribution in [2.75, 3.05) is 13.1 Å². The van der Waals surface area contributed by atoms with Crippen molar-refractivity contribution in [1.29, 1.82) is 0 Å². The molecule has 1 saturated carbocycles. The summed E-state index contributed by atoms with van der Waals surface area (Å²) in [6.45, 7) is 13.4. The molecule has 3 heteroatoms. The average molecular weight is 343 g/mol. The molecule has 1 aliphatic carbocycles. The van der Waals surface area contributed by atoms with E-state index in [0.717, 1.165) is 32.4 Å².